The summed E-state index contributed by atoms with van der Waals surface area (Å²) in [4.78, 5) is 19.0. The van der Waals surface area contributed by atoms with E-state index < -0.39 is 0 Å². The third-order valence-electron chi connectivity index (χ3n) is 3.63. The lowest BCUT2D eigenvalue weighted by atomic mass is 10.1. The summed E-state index contributed by atoms with van der Waals surface area (Å²) >= 11 is 1.60. The lowest BCUT2D eigenvalue weighted by Crippen LogP contribution is -2.31. The number of hydrogen-bond acceptors (Lipinski definition) is 5. The van der Waals surface area contributed by atoms with Gasteiger partial charge in [0.1, 0.15) is 5.70 Å². The van der Waals surface area contributed by atoms with Gasteiger partial charge in [-0.15, -0.1) is 0 Å². The summed E-state index contributed by atoms with van der Waals surface area (Å²) in [6.45, 7) is 4.89. The van der Waals surface area contributed by atoms with E-state index in [2.05, 4.69) is 18.8 Å². The first-order valence-corrected chi connectivity index (χ1v) is 9.10. The molecule has 0 atom stereocenters. The van der Waals surface area contributed by atoms with Crippen molar-refractivity contribution in [2.24, 2.45) is 4.99 Å². The molecule has 0 spiro atoms. The van der Waals surface area contributed by atoms with Crippen LogP contribution in [-0.4, -0.2) is 42.5 Å². The number of ether oxygens (including phenoxy) is 2. The van der Waals surface area contributed by atoms with Gasteiger partial charge >= 0.3 is 0 Å². The zero-order chi connectivity index (χ0) is 17.5. The van der Waals surface area contributed by atoms with Crippen molar-refractivity contribution in [2.45, 2.75) is 26.7 Å². The van der Waals surface area contributed by atoms with Crippen LogP contribution in [0.3, 0.4) is 0 Å². The Bertz CT molecular complexity index is 656. The van der Waals surface area contributed by atoms with Crippen molar-refractivity contribution in [3.05, 3.63) is 29.5 Å². The molecule has 0 N–H and O–H groups in total. The lowest BCUT2D eigenvalue weighted by molar-refractivity contribution is -0.122. The number of carbonyl (C=O) groups is 1. The van der Waals surface area contributed by atoms with Gasteiger partial charge in [0.25, 0.3) is 5.91 Å². The van der Waals surface area contributed by atoms with Crippen molar-refractivity contribution in [3.63, 3.8) is 0 Å². The second-order valence-corrected chi connectivity index (χ2v) is 6.51. The average molecular weight is 348 g/mol. The highest BCUT2D eigenvalue weighted by atomic mass is 32.2. The minimum atomic E-state index is -0.0332. The molecule has 2 rings (SSSR count). The molecule has 0 fully saturated rings. The Morgan fingerprint density at radius 2 is 1.96 bits per heavy atom. The number of unbranched alkanes of at least 4 members (excludes halogenated alkanes) is 1. The number of carbonyl (C=O) groups excluding carboxylic acids is 1. The molecule has 5 nitrogen and oxygen atoms in total. The molecule has 1 aliphatic rings. The van der Waals surface area contributed by atoms with Gasteiger partial charge in [-0.2, -0.15) is 0 Å². The minimum absolute atomic E-state index is 0.0332. The van der Waals surface area contributed by atoms with Gasteiger partial charge in [-0.3, -0.25) is 9.69 Å². The maximum Gasteiger partial charge on any atom is 0.278 e. The first-order valence-electron chi connectivity index (χ1n) is 8.11. The van der Waals surface area contributed by atoms with Gasteiger partial charge in [0.05, 0.1) is 14.2 Å². The van der Waals surface area contributed by atoms with Crippen LogP contribution < -0.4 is 9.47 Å². The predicted molar refractivity (Wildman–Crippen MR) is 99.7 cm³/mol. The molecule has 1 aliphatic heterocycles. The second kappa shape index (κ2) is 8.78. The number of methoxy groups -OCH3 is 2. The van der Waals surface area contributed by atoms with Crippen LogP contribution in [-0.2, 0) is 4.79 Å². The molecule has 130 valence electrons. The Hall–Kier alpha value is -1.95. The van der Waals surface area contributed by atoms with Crippen LogP contribution in [0.1, 0.15) is 32.3 Å². The first kappa shape index (κ1) is 18.4. The molecule has 24 heavy (non-hydrogen) atoms. The summed E-state index contributed by atoms with van der Waals surface area (Å²) in [7, 11) is 3.19. The Kier molecular flexibility index (Phi) is 6.73. The molecule has 0 saturated carbocycles. The maximum absolute atomic E-state index is 12.7. The van der Waals surface area contributed by atoms with Gasteiger partial charge in [0.15, 0.2) is 16.7 Å². The van der Waals surface area contributed by atoms with Crippen LogP contribution in [0.15, 0.2) is 28.9 Å². The molecule has 1 heterocycles. The van der Waals surface area contributed by atoms with Gasteiger partial charge in [0, 0.05) is 6.54 Å². The molecular formula is C18H24N2O3S. The van der Waals surface area contributed by atoms with Crippen molar-refractivity contribution in [1.29, 1.82) is 0 Å². The maximum atomic E-state index is 12.7. The highest BCUT2D eigenvalue weighted by Gasteiger charge is 2.29. The molecule has 0 saturated heterocycles. The molecule has 1 aromatic rings. The molecule has 0 aromatic heterocycles. The summed E-state index contributed by atoms with van der Waals surface area (Å²) in [5.74, 6) is 2.15. The Morgan fingerprint density at radius 1 is 1.21 bits per heavy atom. The average Bonchev–Trinajstić information content (AvgIpc) is 2.88. The third kappa shape index (κ3) is 4.12. The van der Waals surface area contributed by atoms with E-state index in [4.69, 9.17) is 9.47 Å². The standard InChI is InChI=1S/C18H24N2O3S/c1-5-7-10-20-17(21)14(19-18(20)24-6-2)11-13-8-9-15(22-3)16(12-13)23-4/h8-9,11-12H,5-7,10H2,1-4H3/b14-11+. The number of benzene rings is 1. The molecule has 6 heteroatoms. The van der Waals surface area contributed by atoms with E-state index in [0.29, 0.717) is 23.7 Å². The molecular weight excluding hydrogens is 324 g/mol. The normalized spacial score (nSPS) is 15.8. The number of aliphatic imine (C=N–C) groups is 1. The van der Waals surface area contributed by atoms with Gasteiger partial charge in [-0.1, -0.05) is 38.1 Å². The van der Waals surface area contributed by atoms with Crippen LogP contribution in [0.4, 0.5) is 0 Å². The predicted octanol–water partition coefficient (Wildman–Crippen LogP) is 3.80. The van der Waals surface area contributed by atoms with Crippen LogP contribution in [0.2, 0.25) is 0 Å². The van der Waals surface area contributed by atoms with Crippen LogP contribution in [0, 0.1) is 0 Å². The summed E-state index contributed by atoms with van der Waals surface area (Å²) in [5.41, 5.74) is 1.33. The molecule has 1 aromatic carbocycles. The fourth-order valence-electron chi connectivity index (χ4n) is 2.38. The van der Waals surface area contributed by atoms with Gasteiger partial charge in [-0.05, 0) is 35.9 Å². The quantitative estimate of drug-likeness (QED) is 0.703. The van der Waals surface area contributed by atoms with Gasteiger partial charge in [-0.25, -0.2) is 4.99 Å². The Balaban J connectivity index is 2.30. The van der Waals surface area contributed by atoms with E-state index >= 15 is 0 Å². The van der Waals surface area contributed by atoms with E-state index in [1.165, 1.54) is 0 Å². The fourth-order valence-corrected chi connectivity index (χ4v) is 3.13. The lowest BCUT2D eigenvalue weighted by Gasteiger charge is -2.16. The van der Waals surface area contributed by atoms with Crippen molar-refractivity contribution >= 4 is 28.9 Å². The number of amides is 1. The number of thioether (sulfide) groups is 1. The number of nitrogens with zero attached hydrogens (tertiary/aromatic N) is 2. The fraction of sp³-hybridized carbons (Fsp3) is 0.444. The van der Waals surface area contributed by atoms with Crippen molar-refractivity contribution < 1.29 is 14.3 Å². The number of rotatable bonds is 7. The SMILES string of the molecule is CCCCN1C(=O)/C(=C\c2ccc(OC)c(OC)c2)N=C1SCC. The highest BCUT2D eigenvalue weighted by Crippen LogP contribution is 2.30. The highest BCUT2D eigenvalue weighted by molar-refractivity contribution is 8.13. The Labute approximate surface area is 147 Å². The minimum Gasteiger partial charge on any atom is -0.493 e. The van der Waals surface area contributed by atoms with E-state index in [-0.39, 0.29) is 5.91 Å². The van der Waals surface area contributed by atoms with Crippen LogP contribution in [0.5, 0.6) is 11.5 Å². The van der Waals surface area contributed by atoms with Gasteiger partial charge in [0.2, 0.25) is 0 Å². The van der Waals surface area contributed by atoms with Crippen molar-refractivity contribution in [3.8, 4) is 11.5 Å². The topological polar surface area (TPSA) is 51.1 Å². The van der Waals surface area contributed by atoms with E-state index in [1.54, 1.807) is 37.0 Å². The summed E-state index contributed by atoms with van der Waals surface area (Å²) < 4.78 is 10.6. The number of hydrogen-bond donors (Lipinski definition) is 0. The first-order chi connectivity index (χ1) is 11.6. The zero-order valence-electron chi connectivity index (χ0n) is 14.7. The third-order valence-corrected chi connectivity index (χ3v) is 4.49. The van der Waals surface area contributed by atoms with Crippen LogP contribution in [0.25, 0.3) is 6.08 Å². The van der Waals surface area contributed by atoms with Gasteiger partial charge < -0.3 is 9.47 Å². The van der Waals surface area contributed by atoms with Crippen molar-refractivity contribution in [1.82, 2.24) is 4.90 Å². The van der Waals surface area contributed by atoms with E-state index in [0.717, 1.165) is 29.3 Å². The molecule has 1 amide bonds. The van der Waals surface area contributed by atoms with Crippen LogP contribution >= 0.6 is 11.8 Å². The molecule has 0 bridgehead atoms. The Morgan fingerprint density at radius 3 is 2.58 bits per heavy atom. The molecule has 0 aliphatic carbocycles. The van der Waals surface area contributed by atoms with E-state index in [9.17, 15) is 4.79 Å². The molecule has 0 unspecified atom stereocenters. The zero-order valence-corrected chi connectivity index (χ0v) is 15.5. The van der Waals surface area contributed by atoms with Crippen molar-refractivity contribution in [2.75, 3.05) is 26.5 Å². The second-order valence-electron chi connectivity index (χ2n) is 5.28. The summed E-state index contributed by atoms with van der Waals surface area (Å²) in [6, 6.07) is 5.55. The monoisotopic (exact) mass is 348 g/mol. The largest absolute Gasteiger partial charge is 0.493 e. The summed E-state index contributed by atoms with van der Waals surface area (Å²) in [5, 5.41) is 0.794. The number of amidine groups is 1. The summed E-state index contributed by atoms with van der Waals surface area (Å²) in [6.07, 6.45) is 3.81. The molecule has 0 radical (unpaired) electrons. The van der Waals surface area contributed by atoms with E-state index in [1.807, 2.05) is 18.2 Å². The smallest absolute Gasteiger partial charge is 0.278 e.